The molecule has 0 saturated heterocycles. The highest BCUT2D eigenvalue weighted by Crippen LogP contribution is 2.14. The van der Waals surface area contributed by atoms with Gasteiger partial charge in [0.2, 0.25) is 0 Å². The van der Waals surface area contributed by atoms with Crippen LogP contribution in [0.4, 0.5) is 0 Å². The molecule has 2 unspecified atom stereocenters. The van der Waals surface area contributed by atoms with Crippen LogP contribution in [0.1, 0.15) is 32.8 Å². The molecule has 1 aromatic carbocycles. The number of amides is 1. The number of aliphatic carboxylic acids is 1. The summed E-state index contributed by atoms with van der Waals surface area (Å²) in [6, 6.07) is 7.03. The van der Waals surface area contributed by atoms with Crippen LogP contribution in [0.15, 0.2) is 24.3 Å². The van der Waals surface area contributed by atoms with Crippen molar-refractivity contribution < 1.29 is 19.4 Å². The third kappa shape index (κ3) is 5.85. The Morgan fingerprint density at radius 2 is 1.95 bits per heavy atom. The van der Waals surface area contributed by atoms with Crippen molar-refractivity contribution in [3.63, 3.8) is 0 Å². The van der Waals surface area contributed by atoms with Crippen LogP contribution in [0.2, 0.25) is 0 Å². The van der Waals surface area contributed by atoms with Gasteiger partial charge in [-0.2, -0.15) is 0 Å². The monoisotopic (exact) mass is 293 g/mol. The summed E-state index contributed by atoms with van der Waals surface area (Å²) in [5, 5.41) is 11.6. The van der Waals surface area contributed by atoms with Crippen LogP contribution in [0.5, 0.6) is 5.75 Å². The lowest BCUT2D eigenvalue weighted by Gasteiger charge is -2.23. The van der Waals surface area contributed by atoms with Crippen molar-refractivity contribution in [1.82, 2.24) is 5.32 Å². The highest BCUT2D eigenvalue weighted by Gasteiger charge is 2.23. The summed E-state index contributed by atoms with van der Waals surface area (Å²) >= 11 is 0. The Labute approximate surface area is 125 Å². The van der Waals surface area contributed by atoms with E-state index >= 15 is 0 Å². The molecule has 116 valence electrons. The average molecular weight is 293 g/mol. The fraction of sp³-hybridized carbons (Fsp3) is 0.500. The Morgan fingerprint density at radius 1 is 1.29 bits per heavy atom. The molecule has 0 spiro atoms. The van der Waals surface area contributed by atoms with Gasteiger partial charge in [-0.15, -0.1) is 0 Å². The highest BCUT2D eigenvalue weighted by molar-refractivity contribution is 5.81. The Kier molecular flexibility index (Phi) is 6.21. The Balaban J connectivity index is 2.62. The first-order valence-electron chi connectivity index (χ1n) is 7.05. The predicted octanol–water partition coefficient (Wildman–Crippen LogP) is 2.38. The van der Waals surface area contributed by atoms with Crippen molar-refractivity contribution in [3.05, 3.63) is 29.8 Å². The number of aryl methyl sites for hydroxylation is 1. The number of carboxylic acids is 1. The number of hydrogen-bond acceptors (Lipinski definition) is 3. The van der Waals surface area contributed by atoms with Crippen LogP contribution in [0.25, 0.3) is 0 Å². The van der Waals surface area contributed by atoms with Crippen molar-refractivity contribution in [2.24, 2.45) is 5.92 Å². The van der Waals surface area contributed by atoms with E-state index in [1.807, 2.05) is 39.0 Å². The molecule has 0 heterocycles. The number of nitrogens with one attached hydrogen (secondary N) is 1. The number of rotatable bonds is 7. The first kappa shape index (κ1) is 17.0. The standard InChI is InChI=1S/C16H23NO4/c1-10(2)14(9-15(18)19)17-16(20)12(4)21-13-7-5-6-11(3)8-13/h5-8,10,12,14H,9H2,1-4H3,(H,17,20)(H,18,19). The smallest absolute Gasteiger partial charge is 0.305 e. The van der Waals surface area contributed by atoms with Gasteiger partial charge in [-0.3, -0.25) is 9.59 Å². The molecule has 0 aliphatic rings. The first-order chi connectivity index (χ1) is 9.79. The topological polar surface area (TPSA) is 75.6 Å². The maximum atomic E-state index is 12.1. The summed E-state index contributed by atoms with van der Waals surface area (Å²) in [5.41, 5.74) is 1.05. The van der Waals surface area contributed by atoms with Gasteiger partial charge in [0.15, 0.2) is 6.10 Å². The van der Waals surface area contributed by atoms with E-state index in [-0.39, 0.29) is 18.2 Å². The molecule has 1 rings (SSSR count). The van der Waals surface area contributed by atoms with Crippen molar-refractivity contribution >= 4 is 11.9 Å². The minimum atomic E-state index is -0.929. The van der Waals surface area contributed by atoms with Gasteiger partial charge in [-0.1, -0.05) is 26.0 Å². The molecule has 5 heteroatoms. The molecular weight excluding hydrogens is 270 g/mol. The number of hydrogen-bond donors (Lipinski definition) is 2. The normalized spacial score (nSPS) is 13.6. The molecule has 2 N–H and O–H groups in total. The van der Waals surface area contributed by atoms with Gasteiger partial charge >= 0.3 is 5.97 Å². The Bertz CT molecular complexity index is 499. The third-order valence-corrected chi connectivity index (χ3v) is 3.20. The lowest BCUT2D eigenvalue weighted by molar-refractivity contribution is -0.138. The zero-order chi connectivity index (χ0) is 16.0. The van der Waals surface area contributed by atoms with Crippen molar-refractivity contribution in [2.45, 2.75) is 46.3 Å². The van der Waals surface area contributed by atoms with Crippen LogP contribution in [-0.2, 0) is 9.59 Å². The van der Waals surface area contributed by atoms with Gasteiger partial charge in [-0.25, -0.2) is 0 Å². The number of benzene rings is 1. The van der Waals surface area contributed by atoms with Crippen LogP contribution in [0, 0.1) is 12.8 Å². The Morgan fingerprint density at radius 3 is 2.48 bits per heavy atom. The molecule has 0 saturated carbocycles. The largest absolute Gasteiger partial charge is 0.481 e. The van der Waals surface area contributed by atoms with Gasteiger partial charge in [0.05, 0.1) is 6.42 Å². The van der Waals surface area contributed by atoms with E-state index in [0.717, 1.165) is 5.56 Å². The summed E-state index contributed by atoms with van der Waals surface area (Å²) in [6.07, 6.45) is -0.776. The fourth-order valence-corrected chi connectivity index (χ4v) is 1.89. The molecule has 1 aromatic rings. The van der Waals surface area contributed by atoms with E-state index in [1.54, 1.807) is 13.0 Å². The second-order valence-corrected chi connectivity index (χ2v) is 5.53. The fourth-order valence-electron chi connectivity index (χ4n) is 1.89. The maximum absolute atomic E-state index is 12.1. The number of carbonyl (C=O) groups is 2. The second-order valence-electron chi connectivity index (χ2n) is 5.53. The molecule has 5 nitrogen and oxygen atoms in total. The van der Waals surface area contributed by atoms with E-state index in [9.17, 15) is 9.59 Å². The molecule has 2 atom stereocenters. The second kappa shape index (κ2) is 7.67. The zero-order valence-corrected chi connectivity index (χ0v) is 12.9. The minimum absolute atomic E-state index is 0.0382. The molecule has 0 fully saturated rings. The number of carbonyl (C=O) groups excluding carboxylic acids is 1. The van der Waals surface area contributed by atoms with E-state index in [0.29, 0.717) is 5.75 Å². The summed E-state index contributed by atoms with van der Waals surface area (Å²) in [5.74, 6) is -0.578. The molecule has 0 bridgehead atoms. The number of ether oxygens (including phenoxy) is 1. The molecule has 21 heavy (non-hydrogen) atoms. The molecule has 0 aromatic heterocycles. The van der Waals surface area contributed by atoms with E-state index in [1.165, 1.54) is 0 Å². The van der Waals surface area contributed by atoms with Crippen LogP contribution in [0.3, 0.4) is 0 Å². The van der Waals surface area contributed by atoms with Gasteiger partial charge < -0.3 is 15.2 Å². The lowest BCUT2D eigenvalue weighted by atomic mass is 10.0. The van der Waals surface area contributed by atoms with Crippen LogP contribution in [-0.4, -0.2) is 29.1 Å². The van der Waals surface area contributed by atoms with E-state index in [2.05, 4.69) is 5.32 Å². The van der Waals surface area contributed by atoms with E-state index in [4.69, 9.17) is 9.84 Å². The summed E-state index contributed by atoms with van der Waals surface area (Å²) in [7, 11) is 0. The van der Waals surface area contributed by atoms with Gasteiger partial charge in [0.25, 0.3) is 5.91 Å². The Hall–Kier alpha value is -2.04. The lowest BCUT2D eigenvalue weighted by Crippen LogP contribution is -2.45. The number of carboxylic acid groups (broad SMARTS) is 1. The summed E-state index contributed by atoms with van der Waals surface area (Å²) in [4.78, 5) is 22.9. The highest BCUT2D eigenvalue weighted by atomic mass is 16.5. The van der Waals surface area contributed by atoms with Crippen molar-refractivity contribution in [3.8, 4) is 5.75 Å². The maximum Gasteiger partial charge on any atom is 0.305 e. The van der Waals surface area contributed by atoms with Gasteiger partial charge in [0, 0.05) is 6.04 Å². The quantitative estimate of drug-likeness (QED) is 0.809. The van der Waals surface area contributed by atoms with Gasteiger partial charge in [0.1, 0.15) is 5.75 Å². The molecule has 0 aliphatic carbocycles. The molecule has 1 amide bonds. The van der Waals surface area contributed by atoms with Crippen LogP contribution < -0.4 is 10.1 Å². The minimum Gasteiger partial charge on any atom is -0.481 e. The summed E-state index contributed by atoms with van der Waals surface area (Å²) < 4.78 is 5.58. The SMILES string of the molecule is Cc1cccc(OC(C)C(=O)NC(CC(=O)O)C(C)C)c1. The van der Waals surface area contributed by atoms with Gasteiger partial charge in [-0.05, 0) is 37.5 Å². The molecular formula is C16H23NO4. The van der Waals surface area contributed by atoms with Crippen molar-refractivity contribution in [1.29, 1.82) is 0 Å². The predicted molar refractivity (Wildman–Crippen MR) is 80.3 cm³/mol. The van der Waals surface area contributed by atoms with Crippen LogP contribution >= 0.6 is 0 Å². The zero-order valence-electron chi connectivity index (χ0n) is 12.9. The molecule has 0 aliphatic heterocycles. The third-order valence-electron chi connectivity index (χ3n) is 3.20. The van der Waals surface area contributed by atoms with E-state index < -0.39 is 18.1 Å². The summed E-state index contributed by atoms with van der Waals surface area (Å²) in [6.45, 7) is 7.34. The molecule has 0 radical (unpaired) electrons. The first-order valence-corrected chi connectivity index (χ1v) is 7.05. The average Bonchev–Trinajstić information content (AvgIpc) is 2.37. The van der Waals surface area contributed by atoms with Crippen molar-refractivity contribution in [2.75, 3.05) is 0 Å².